The highest BCUT2D eigenvalue weighted by Crippen LogP contribution is 2.19. The number of rotatable bonds is 5. The number of aryl methyl sites for hydroxylation is 1. The maximum atomic E-state index is 12.4. The molecule has 1 amide bonds. The van der Waals surface area contributed by atoms with Crippen LogP contribution < -0.4 is 10.2 Å². The second-order valence-electron chi connectivity index (χ2n) is 6.55. The normalized spacial score (nSPS) is 18.3. The largest absolute Gasteiger partial charge is 0.350 e. The molecule has 0 aromatic carbocycles. The van der Waals surface area contributed by atoms with E-state index in [2.05, 4.69) is 45.2 Å². The molecule has 1 atom stereocenters. The predicted octanol–water partition coefficient (Wildman–Crippen LogP) is 1.66. The summed E-state index contributed by atoms with van der Waals surface area (Å²) in [5.41, 5.74) is -0.142. The van der Waals surface area contributed by atoms with Gasteiger partial charge >= 0.3 is 0 Å². The Morgan fingerprint density at radius 2 is 2.00 bits per heavy atom. The lowest BCUT2D eigenvalue weighted by atomic mass is 10.0. The molecule has 0 saturated carbocycles. The topological polar surface area (TPSA) is 61.4 Å². The van der Waals surface area contributed by atoms with Crippen LogP contribution in [0.15, 0.2) is 0 Å². The van der Waals surface area contributed by atoms with E-state index in [9.17, 15) is 4.79 Å². The van der Waals surface area contributed by atoms with Crippen molar-refractivity contribution in [2.24, 2.45) is 0 Å². The molecule has 0 unspecified atom stereocenters. The Balaban J connectivity index is 1.87. The number of hydrogen-bond acceptors (Lipinski definition) is 6. The number of nitrogens with zero attached hydrogens (tertiary/aromatic N) is 4. The van der Waals surface area contributed by atoms with Gasteiger partial charge in [-0.05, 0) is 34.1 Å². The van der Waals surface area contributed by atoms with Crippen LogP contribution in [0.1, 0.15) is 39.9 Å². The van der Waals surface area contributed by atoms with Crippen molar-refractivity contribution in [2.75, 3.05) is 31.1 Å². The number of piperazine rings is 1. The highest BCUT2D eigenvalue weighted by molar-refractivity contribution is 7.09. The first-order chi connectivity index (χ1) is 10.3. The van der Waals surface area contributed by atoms with Crippen molar-refractivity contribution in [2.45, 2.75) is 52.6 Å². The SMILES string of the molecule is CCC(C)(C)NC(=O)[C@H](C)N1CCN(c2nc(C)ns2)CC1. The third kappa shape index (κ3) is 4.16. The number of carbonyl (C=O) groups is 1. The molecule has 0 aliphatic carbocycles. The fourth-order valence-electron chi connectivity index (χ4n) is 2.41. The molecule has 7 heteroatoms. The summed E-state index contributed by atoms with van der Waals surface area (Å²) in [6.45, 7) is 13.7. The zero-order valence-corrected chi connectivity index (χ0v) is 15.0. The van der Waals surface area contributed by atoms with E-state index in [0.717, 1.165) is 43.6 Å². The van der Waals surface area contributed by atoms with Crippen LogP contribution in [0, 0.1) is 6.92 Å². The van der Waals surface area contributed by atoms with Gasteiger partial charge in [0.1, 0.15) is 5.82 Å². The van der Waals surface area contributed by atoms with Crippen molar-refractivity contribution in [1.29, 1.82) is 0 Å². The zero-order valence-electron chi connectivity index (χ0n) is 14.2. The lowest BCUT2D eigenvalue weighted by Crippen LogP contribution is -2.56. The summed E-state index contributed by atoms with van der Waals surface area (Å²) in [5, 5.41) is 4.12. The number of carbonyl (C=O) groups excluding carboxylic acids is 1. The van der Waals surface area contributed by atoms with Crippen molar-refractivity contribution < 1.29 is 4.79 Å². The maximum Gasteiger partial charge on any atom is 0.237 e. The second-order valence-corrected chi connectivity index (χ2v) is 7.28. The minimum atomic E-state index is -0.142. The van der Waals surface area contributed by atoms with Crippen molar-refractivity contribution in [1.82, 2.24) is 19.6 Å². The summed E-state index contributed by atoms with van der Waals surface area (Å²) in [6.07, 6.45) is 0.926. The van der Waals surface area contributed by atoms with Crippen molar-refractivity contribution in [3.63, 3.8) is 0 Å². The predicted molar refractivity (Wildman–Crippen MR) is 90.4 cm³/mol. The second kappa shape index (κ2) is 6.91. The van der Waals surface area contributed by atoms with E-state index in [-0.39, 0.29) is 17.5 Å². The maximum absolute atomic E-state index is 12.4. The van der Waals surface area contributed by atoms with Crippen LogP contribution in [0.25, 0.3) is 0 Å². The molecule has 124 valence electrons. The van der Waals surface area contributed by atoms with Gasteiger partial charge in [0.15, 0.2) is 0 Å². The van der Waals surface area contributed by atoms with Gasteiger partial charge in [0.05, 0.1) is 6.04 Å². The van der Waals surface area contributed by atoms with Gasteiger partial charge < -0.3 is 10.2 Å². The number of anilines is 1. The van der Waals surface area contributed by atoms with Gasteiger partial charge in [0, 0.05) is 43.3 Å². The molecule has 6 nitrogen and oxygen atoms in total. The fourth-order valence-corrected chi connectivity index (χ4v) is 3.13. The average molecular weight is 325 g/mol. The van der Waals surface area contributed by atoms with E-state index in [0.29, 0.717) is 0 Å². The lowest BCUT2D eigenvalue weighted by molar-refractivity contribution is -0.127. The molecule has 1 aromatic heterocycles. The van der Waals surface area contributed by atoms with Crippen LogP contribution in [0.4, 0.5) is 5.13 Å². The summed E-state index contributed by atoms with van der Waals surface area (Å²) in [4.78, 5) is 21.3. The average Bonchev–Trinajstić information content (AvgIpc) is 2.93. The van der Waals surface area contributed by atoms with Gasteiger partial charge in [-0.25, -0.2) is 4.98 Å². The van der Waals surface area contributed by atoms with Gasteiger partial charge in [0.2, 0.25) is 11.0 Å². The van der Waals surface area contributed by atoms with Crippen LogP contribution >= 0.6 is 11.5 Å². The fraction of sp³-hybridized carbons (Fsp3) is 0.800. The molecule has 1 N–H and O–H groups in total. The number of hydrogen-bond donors (Lipinski definition) is 1. The number of amides is 1. The molecule has 0 spiro atoms. The number of aromatic nitrogens is 2. The van der Waals surface area contributed by atoms with Crippen LogP contribution in [0.3, 0.4) is 0 Å². The Bertz CT molecular complexity index is 508. The molecular formula is C15H27N5OS. The molecule has 1 saturated heterocycles. The van der Waals surface area contributed by atoms with Crippen LogP contribution in [0.2, 0.25) is 0 Å². The third-order valence-electron chi connectivity index (χ3n) is 4.37. The summed E-state index contributed by atoms with van der Waals surface area (Å²) >= 11 is 1.45. The Hall–Kier alpha value is -1.21. The Kier molecular flexibility index (Phi) is 5.39. The van der Waals surface area contributed by atoms with Crippen LogP contribution in [-0.4, -0.2) is 57.9 Å². The first-order valence-corrected chi connectivity index (χ1v) is 8.71. The molecule has 1 aromatic rings. The zero-order chi connectivity index (χ0) is 16.3. The third-order valence-corrected chi connectivity index (χ3v) is 5.24. The molecule has 0 radical (unpaired) electrons. The van der Waals surface area contributed by atoms with Crippen molar-refractivity contribution in [3.05, 3.63) is 5.82 Å². The molecule has 22 heavy (non-hydrogen) atoms. The van der Waals surface area contributed by atoms with Gasteiger partial charge in [-0.1, -0.05) is 6.92 Å². The van der Waals surface area contributed by atoms with E-state index >= 15 is 0 Å². The monoisotopic (exact) mass is 325 g/mol. The van der Waals surface area contributed by atoms with Gasteiger partial charge in [-0.2, -0.15) is 4.37 Å². The van der Waals surface area contributed by atoms with Gasteiger partial charge in [0.25, 0.3) is 0 Å². The first kappa shape index (κ1) is 17.1. The van der Waals surface area contributed by atoms with E-state index in [1.165, 1.54) is 11.5 Å². The van der Waals surface area contributed by atoms with Crippen LogP contribution in [-0.2, 0) is 4.79 Å². The molecule has 0 bridgehead atoms. The molecule has 2 heterocycles. The Morgan fingerprint density at radius 1 is 1.36 bits per heavy atom. The van der Waals surface area contributed by atoms with E-state index in [4.69, 9.17) is 0 Å². The summed E-state index contributed by atoms with van der Waals surface area (Å²) in [5.74, 6) is 0.948. The molecular weight excluding hydrogens is 298 g/mol. The standard InChI is InChI=1S/C15H27N5OS/c1-6-15(4,5)17-13(21)11(2)19-7-9-20(10-8-19)14-16-12(3)18-22-14/h11H,6-10H2,1-5H3,(H,17,21)/t11-/m0/s1. The highest BCUT2D eigenvalue weighted by Gasteiger charge is 2.29. The Morgan fingerprint density at radius 3 is 2.50 bits per heavy atom. The first-order valence-electron chi connectivity index (χ1n) is 7.94. The summed E-state index contributed by atoms with van der Waals surface area (Å²) < 4.78 is 4.24. The van der Waals surface area contributed by atoms with E-state index in [1.807, 2.05) is 13.8 Å². The minimum Gasteiger partial charge on any atom is -0.350 e. The Labute approximate surface area is 137 Å². The molecule has 1 fully saturated rings. The molecule has 1 aliphatic rings. The van der Waals surface area contributed by atoms with E-state index in [1.54, 1.807) is 0 Å². The summed E-state index contributed by atoms with van der Waals surface area (Å²) in [7, 11) is 0. The van der Waals surface area contributed by atoms with Gasteiger partial charge in [-0.15, -0.1) is 0 Å². The highest BCUT2D eigenvalue weighted by atomic mass is 32.1. The lowest BCUT2D eigenvalue weighted by Gasteiger charge is -2.38. The van der Waals surface area contributed by atoms with Crippen LogP contribution in [0.5, 0.6) is 0 Å². The summed E-state index contributed by atoms with van der Waals surface area (Å²) in [6, 6.07) is -0.0934. The molecule has 2 rings (SSSR count). The smallest absolute Gasteiger partial charge is 0.237 e. The van der Waals surface area contributed by atoms with E-state index < -0.39 is 0 Å². The van der Waals surface area contributed by atoms with Gasteiger partial charge in [-0.3, -0.25) is 9.69 Å². The number of nitrogens with one attached hydrogen (secondary N) is 1. The van der Waals surface area contributed by atoms with Crippen molar-refractivity contribution in [3.8, 4) is 0 Å². The quantitative estimate of drug-likeness (QED) is 0.892. The van der Waals surface area contributed by atoms with Crippen molar-refractivity contribution >= 4 is 22.6 Å². The molecule has 1 aliphatic heterocycles. The minimum absolute atomic E-state index is 0.0934.